The number of esters is 1. The fourth-order valence-corrected chi connectivity index (χ4v) is 5.49. The molecule has 34 heavy (non-hydrogen) atoms. The topological polar surface area (TPSA) is 134 Å². The molecule has 0 saturated carbocycles. The summed E-state index contributed by atoms with van der Waals surface area (Å²) in [6, 6.07) is 0. The Hall–Kier alpha value is -3.54. The molecule has 0 spiro atoms. The highest BCUT2D eigenvalue weighted by molar-refractivity contribution is 7.20. The van der Waals surface area contributed by atoms with Gasteiger partial charge in [0.2, 0.25) is 0 Å². The van der Waals surface area contributed by atoms with E-state index in [0.717, 1.165) is 42.8 Å². The van der Waals surface area contributed by atoms with Crippen LogP contribution < -0.4 is 16.8 Å². The fraction of sp³-hybridized carbons (Fsp3) is 0.455. The van der Waals surface area contributed by atoms with E-state index in [-0.39, 0.29) is 23.3 Å². The SMILES string of the molecule is CCCCn1c(=O)[nH]c(=O)c2c1nc(COC(=O)c1sc3nc4n(c(=O)c3c1C)CCC4)n2C. The number of hydrogen-bond acceptors (Lipinski definition) is 8. The van der Waals surface area contributed by atoms with E-state index in [2.05, 4.69) is 15.0 Å². The Morgan fingerprint density at radius 3 is 2.79 bits per heavy atom. The summed E-state index contributed by atoms with van der Waals surface area (Å²) < 4.78 is 10.1. The molecule has 0 bridgehead atoms. The third-order valence-electron chi connectivity index (χ3n) is 6.27. The summed E-state index contributed by atoms with van der Waals surface area (Å²) in [5.41, 5.74) is -0.115. The smallest absolute Gasteiger partial charge is 0.349 e. The first-order valence-electron chi connectivity index (χ1n) is 11.2. The molecule has 0 amide bonds. The first-order chi connectivity index (χ1) is 16.3. The van der Waals surface area contributed by atoms with Crippen LogP contribution in [0.25, 0.3) is 21.4 Å². The maximum atomic E-state index is 12.9. The number of aryl methyl sites for hydroxylation is 4. The van der Waals surface area contributed by atoms with Gasteiger partial charge in [0, 0.05) is 26.6 Å². The van der Waals surface area contributed by atoms with Gasteiger partial charge < -0.3 is 9.30 Å². The molecule has 5 heterocycles. The molecule has 4 aromatic heterocycles. The van der Waals surface area contributed by atoms with Crippen molar-refractivity contribution < 1.29 is 9.53 Å². The van der Waals surface area contributed by atoms with Crippen LogP contribution in [0.4, 0.5) is 0 Å². The first-order valence-corrected chi connectivity index (χ1v) is 12.0. The molecular weight excluding hydrogens is 460 g/mol. The van der Waals surface area contributed by atoms with Crippen LogP contribution in [0.1, 0.15) is 53.1 Å². The van der Waals surface area contributed by atoms with Crippen molar-refractivity contribution in [1.29, 1.82) is 0 Å². The Morgan fingerprint density at radius 1 is 1.24 bits per heavy atom. The highest BCUT2D eigenvalue weighted by atomic mass is 32.1. The Kier molecular flexibility index (Phi) is 5.47. The first kappa shape index (κ1) is 22.3. The van der Waals surface area contributed by atoms with Crippen molar-refractivity contribution in [2.45, 2.75) is 59.2 Å². The van der Waals surface area contributed by atoms with Gasteiger partial charge in [-0.25, -0.2) is 19.6 Å². The van der Waals surface area contributed by atoms with Gasteiger partial charge in [-0.2, -0.15) is 0 Å². The van der Waals surface area contributed by atoms with Crippen molar-refractivity contribution in [2.24, 2.45) is 7.05 Å². The van der Waals surface area contributed by atoms with Gasteiger partial charge in [-0.3, -0.25) is 23.7 Å². The van der Waals surface area contributed by atoms with Gasteiger partial charge in [-0.05, 0) is 25.3 Å². The summed E-state index contributed by atoms with van der Waals surface area (Å²) in [5.74, 6) is 0.493. The van der Waals surface area contributed by atoms with E-state index in [0.29, 0.717) is 39.6 Å². The zero-order valence-corrected chi connectivity index (χ0v) is 20.0. The molecule has 0 aliphatic carbocycles. The molecule has 1 N–H and O–H groups in total. The molecule has 0 fully saturated rings. The number of rotatable bonds is 6. The van der Waals surface area contributed by atoms with Crippen LogP contribution in [0.3, 0.4) is 0 Å². The van der Waals surface area contributed by atoms with Crippen LogP contribution in [0.5, 0.6) is 0 Å². The minimum absolute atomic E-state index is 0.120. The molecule has 178 valence electrons. The maximum Gasteiger partial charge on any atom is 0.349 e. The standard InChI is InChI=1S/C22H24N6O5S/c1-4-5-8-28-17-15(18(29)25-22(28)32)26(3)13(23-17)10-33-21(31)16-11(2)14-19(34-16)24-12-7-6-9-27(12)20(14)30/h4-10H2,1-3H3,(H,25,29,32). The van der Waals surface area contributed by atoms with Gasteiger partial charge in [0.05, 0.1) is 5.39 Å². The molecule has 0 radical (unpaired) electrons. The van der Waals surface area contributed by atoms with Crippen molar-refractivity contribution >= 4 is 38.7 Å². The summed E-state index contributed by atoms with van der Waals surface area (Å²) in [6.07, 6.45) is 3.27. The molecule has 12 heteroatoms. The van der Waals surface area contributed by atoms with Crippen LogP contribution in [0.15, 0.2) is 14.4 Å². The average Bonchev–Trinajstić information content (AvgIpc) is 3.49. The number of thiophene rings is 1. The minimum atomic E-state index is -0.589. The van der Waals surface area contributed by atoms with Gasteiger partial charge in [-0.1, -0.05) is 13.3 Å². The average molecular weight is 485 g/mol. The molecule has 4 aromatic rings. The molecule has 11 nitrogen and oxygen atoms in total. The predicted octanol–water partition coefficient (Wildman–Crippen LogP) is 1.61. The Labute approximate surface area is 196 Å². The maximum absolute atomic E-state index is 12.9. The molecule has 5 rings (SSSR count). The lowest BCUT2D eigenvalue weighted by Gasteiger charge is -2.05. The summed E-state index contributed by atoms with van der Waals surface area (Å²) >= 11 is 1.15. The van der Waals surface area contributed by atoms with Crippen LogP contribution >= 0.6 is 11.3 Å². The van der Waals surface area contributed by atoms with Gasteiger partial charge >= 0.3 is 11.7 Å². The molecule has 0 unspecified atom stereocenters. The molecule has 0 saturated heterocycles. The number of aromatic nitrogens is 6. The lowest BCUT2D eigenvalue weighted by molar-refractivity contribution is 0.0465. The molecule has 0 atom stereocenters. The third-order valence-corrected chi connectivity index (χ3v) is 7.44. The number of nitrogens with zero attached hydrogens (tertiary/aromatic N) is 5. The molecule has 0 aromatic carbocycles. The number of carbonyl (C=O) groups is 1. The molecular formula is C22H24N6O5S. The summed E-state index contributed by atoms with van der Waals surface area (Å²) in [4.78, 5) is 62.7. The second-order valence-corrected chi connectivity index (χ2v) is 9.42. The lowest BCUT2D eigenvalue weighted by Crippen LogP contribution is -2.31. The van der Waals surface area contributed by atoms with Crippen molar-refractivity contribution in [3.05, 3.63) is 53.3 Å². The number of nitrogens with one attached hydrogen (secondary N) is 1. The van der Waals surface area contributed by atoms with E-state index < -0.39 is 17.2 Å². The van der Waals surface area contributed by atoms with Crippen LogP contribution in [0.2, 0.25) is 0 Å². The predicted molar refractivity (Wildman–Crippen MR) is 127 cm³/mol. The normalized spacial score (nSPS) is 13.1. The summed E-state index contributed by atoms with van der Waals surface area (Å²) in [7, 11) is 1.64. The number of aromatic amines is 1. The number of unbranched alkanes of at least 4 members (excludes halogenated alkanes) is 1. The molecule has 1 aliphatic rings. The third kappa shape index (κ3) is 3.40. The highest BCUT2D eigenvalue weighted by Crippen LogP contribution is 2.29. The van der Waals surface area contributed by atoms with E-state index in [1.165, 1.54) is 9.13 Å². The largest absolute Gasteiger partial charge is 0.453 e. The summed E-state index contributed by atoms with van der Waals surface area (Å²) in [5, 5.41) is 0.455. The lowest BCUT2D eigenvalue weighted by atomic mass is 10.2. The van der Waals surface area contributed by atoms with Crippen LogP contribution in [-0.4, -0.2) is 34.6 Å². The van der Waals surface area contributed by atoms with Crippen molar-refractivity contribution in [2.75, 3.05) is 0 Å². The van der Waals surface area contributed by atoms with E-state index in [1.807, 2.05) is 6.92 Å². The number of imidazole rings is 1. The summed E-state index contributed by atoms with van der Waals surface area (Å²) in [6.45, 7) is 4.60. The van der Waals surface area contributed by atoms with E-state index >= 15 is 0 Å². The van der Waals surface area contributed by atoms with Crippen molar-refractivity contribution in [1.82, 2.24) is 28.7 Å². The Bertz CT molecular complexity index is 1640. The number of H-pyrrole nitrogens is 1. The number of fused-ring (bicyclic) bond motifs is 3. The molecule has 1 aliphatic heterocycles. The van der Waals surface area contributed by atoms with E-state index in [9.17, 15) is 19.2 Å². The Balaban J connectivity index is 1.47. The van der Waals surface area contributed by atoms with Crippen molar-refractivity contribution in [3.63, 3.8) is 0 Å². The Morgan fingerprint density at radius 2 is 2.03 bits per heavy atom. The zero-order chi connectivity index (χ0) is 24.1. The van der Waals surface area contributed by atoms with E-state index in [1.54, 1.807) is 18.5 Å². The van der Waals surface area contributed by atoms with Crippen LogP contribution in [-0.2, 0) is 37.9 Å². The highest BCUT2D eigenvalue weighted by Gasteiger charge is 2.25. The van der Waals surface area contributed by atoms with Crippen molar-refractivity contribution in [3.8, 4) is 0 Å². The minimum Gasteiger partial charge on any atom is -0.453 e. The zero-order valence-electron chi connectivity index (χ0n) is 19.1. The second-order valence-electron chi connectivity index (χ2n) is 8.42. The number of ether oxygens (including phenoxy) is 1. The number of hydrogen-bond donors (Lipinski definition) is 1. The monoisotopic (exact) mass is 484 g/mol. The van der Waals surface area contributed by atoms with E-state index in [4.69, 9.17) is 4.74 Å². The number of carbonyl (C=O) groups excluding carboxylic acids is 1. The van der Waals surface area contributed by atoms with Crippen LogP contribution in [0, 0.1) is 6.92 Å². The van der Waals surface area contributed by atoms with Gasteiger partial charge in [0.15, 0.2) is 11.2 Å². The fourth-order valence-electron chi connectivity index (χ4n) is 4.41. The second kappa shape index (κ2) is 8.35. The van der Waals surface area contributed by atoms with Gasteiger partial charge in [-0.15, -0.1) is 11.3 Å². The van der Waals surface area contributed by atoms with Gasteiger partial charge in [0.1, 0.15) is 28.0 Å². The van der Waals surface area contributed by atoms with Gasteiger partial charge in [0.25, 0.3) is 11.1 Å². The quantitative estimate of drug-likeness (QED) is 0.411.